The summed E-state index contributed by atoms with van der Waals surface area (Å²) in [5.74, 6) is 0. The van der Waals surface area contributed by atoms with Gasteiger partial charge in [-0.2, -0.15) is 0 Å². The lowest BCUT2D eigenvalue weighted by Crippen LogP contribution is -2.00. The molecule has 0 fully saturated rings. The van der Waals surface area contributed by atoms with Crippen LogP contribution in [0, 0.1) is 0 Å². The van der Waals surface area contributed by atoms with Crippen LogP contribution in [0.4, 0.5) is 4.39 Å². The summed E-state index contributed by atoms with van der Waals surface area (Å²) in [5.41, 5.74) is 0. The van der Waals surface area contributed by atoms with Crippen LogP contribution in [-0.4, -0.2) is 6.17 Å². The molecule has 1 atom stereocenters. The van der Waals surface area contributed by atoms with Crippen molar-refractivity contribution in [2.45, 2.75) is 238 Å². The molecule has 0 N–H and O–H groups in total. The average molecular weight is 539 g/mol. The van der Waals surface area contributed by atoms with Gasteiger partial charge in [0.1, 0.15) is 6.17 Å². The van der Waals surface area contributed by atoms with Gasteiger partial charge < -0.3 is 0 Å². The molecule has 0 aromatic carbocycles. The van der Waals surface area contributed by atoms with Crippen LogP contribution in [0.3, 0.4) is 0 Å². The lowest BCUT2D eigenvalue weighted by atomic mass is 10.0. The van der Waals surface area contributed by atoms with Gasteiger partial charge in [0.2, 0.25) is 0 Å². The number of halogens is 1. The second kappa shape index (κ2) is 35.0. The van der Waals surface area contributed by atoms with Crippen molar-refractivity contribution in [2.75, 3.05) is 0 Å². The largest absolute Gasteiger partial charge is 0.247 e. The van der Waals surface area contributed by atoms with E-state index >= 15 is 0 Å². The van der Waals surface area contributed by atoms with Crippen molar-refractivity contribution in [3.63, 3.8) is 0 Å². The Bertz CT molecular complexity index is 392. The Kier molecular flexibility index (Phi) is 34.9. The molecule has 0 spiro atoms. The fourth-order valence-electron chi connectivity index (χ4n) is 5.97. The molecule has 0 aliphatic rings. The van der Waals surface area contributed by atoms with Crippen LogP contribution in [-0.2, 0) is 0 Å². The van der Waals surface area contributed by atoms with E-state index in [2.05, 4.69) is 13.8 Å². The highest BCUT2D eigenvalue weighted by Crippen LogP contribution is 2.18. The molecule has 0 radical (unpaired) electrons. The van der Waals surface area contributed by atoms with Crippen molar-refractivity contribution in [3.05, 3.63) is 0 Å². The molecular formula is C37H75F. The Balaban J connectivity index is 3.11. The van der Waals surface area contributed by atoms with Gasteiger partial charge in [-0.05, 0) is 12.8 Å². The SMILES string of the molecule is CCCCCCCCCCCCCCCCCCCCCCCCCC(F)CCCCCCCCCCC. The Morgan fingerprint density at radius 1 is 0.263 bits per heavy atom. The van der Waals surface area contributed by atoms with E-state index in [9.17, 15) is 4.39 Å². The maximum Gasteiger partial charge on any atom is 0.100 e. The van der Waals surface area contributed by atoms with Gasteiger partial charge in [-0.3, -0.25) is 0 Å². The summed E-state index contributed by atoms with van der Waals surface area (Å²) in [7, 11) is 0. The van der Waals surface area contributed by atoms with Crippen LogP contribution >= 0.6 is 0 Å². The smallest absolute Gasteiger partial charge is 0.100 e. The summed E-state index contributed by atoms with van der Waals surface area (Å²) in [6, 6.07) is 0. The van der Waals surface area contributed by atoms with Gasteiger partial charge in [0, 0.05) is 0 Å². The van der Waals surface area contributed by atoms with Gasteiger partial charge >= 0.3 is 0 Å². The first-order chi connectivity index (χ1) is 18.8. The summed E-state index contributed by atoms with van der Waals surface area (Å²) in [4.78, 5) is 0. The molecule has 1 unspecified atom stereocenters. The van der Waals surface area contributed by atoms with Gasteiger partial charge in [-0.25, -0.2) is 4.39 Å². The molecule has 1 heteroatoms. The maximum atomic E-state index is 14.1. The lowest BCUT2D eigenvalue weighted by molar-refractivity contribution is 0.279. The van der Waals surface area contributed by atoms with Crippen molar-refractivity contribution < 1.29 is 4.39 Å². The molecule has 0 aliphatic heterocycles. The Hall–Kier alpha value is -0.0700. The van der Waals surface area contributed by atoms with E-state index in [1.165, 1.54) is 193 Å². The first kappa shape index (κ1) is 37.9. The highest BCUT2D eigenvalue weighted by Gasteiger charge is 2.06. The van der Waals surface area contributed by atoms with Gasteiger partial charge in [-0.1, -0.05) is 219 Å². The predicted molar refractivity (Wildman–Crippen MR) is 173 cm³/mol. The molecule has 230 valence electrons. The van der Waals surface area contributed by atoms with E-state index in [-0.39, 0.29) is 0 Å². The van der Waals surface area contributed by atoms with E-state index in [1.54, 1.807) is 0 Å². The summed E-state index contributed by atoms with van der Waals surface area (Å²) < 4.78 is 14.1. The molecule has 0 aliphatic carbocycles. The van der Waals surface area contributed by atoms with Crippen LogP contribution in [0.15, 0.2) is 0 Å². The molecule has 0 saturated heterocycles. The third-order valence-electron chi connectivity index (χ3n) is 8.74. The zero-order valence-electron chi connectivity index (χ0n) is 27.0. The highest BCUT2D eigenvalue weighted by molar-refractivity contribution is 4.58. The van der Waals surface area contributed by atoms with Crippen molar-refractivity contribution in [1.82, 2.24) is 0 Å². The quantitative estimate of drug-likeness (QED) is 0.0714. The minimum absolute atomic E-state index is 0.533. The van der Waals surface area contributed by atoms with Crippen LogP contribution in [0.25, 0.3) is 0 Å². The molecule has 0 heterocycles. The van der Waals surface area contributed by atoms with Crippen LogP contribution in [0.1, 0.15) is 232 Å². The van der Waals surface area contributed by atoms with Crippen molar-refractivity contribution >= 4 is 0 Å². The summed E-state index contributed by atoms with van der Waals surface area (Å²) >= 11 is 0. The monoisotopic (exact) mass is 539 g/mol. The molecule has 0 nitrogen and oxygen atoms in total. The average Bonchev–Trinajstić information content (AvgIpc) is 2.92. The molecule has 0 aromatic rings. The predicted octanol–water partition coefficient (Wildman–Crippen LogP) is 14.6. The normalized spacial score (nSPS) is 12.4. The highest BCUT2D eigenvalue weighted by atomic mass is 19.1. The lowest BCUT2D eigenvalue weighted by Gasteiger charge is -2.08. The zero-order valence-corrected chi connectivity index (χ0v) is 27.0. The van der Waals surface area contributed by atoms with E-state index in [4.69, 9.17) is 0 Å². The van der Waals surface area contributed by atoms with Crippen molar-refractivity contribution in [3.8, 4) is 0 Å². The van der Waals surface area contributed by atoms with Crippen LogP contribution in [0.5, 0.6) is 0 Å². The molecule has 38 heavy (non-hydrogen) atoms. The second-order valence-electron chi connectivity index (χ2n) is 12.8. The minimum atomic E-state index is -0.533. The van der Waals surface area contributed by atoms with E-state index in [1.807, 2.05) is 0 Å². The van der Waals surface area contributed by atoms with Gasteiger partial charge in [-0.15, -0.1) is 0 Å². The maximum absolute atomic E-state index is 14.1. The van der Waals surface area contributed by atoms with Gasteiger partial charge in [0.15, 0.2) is 0 Å². The molecule has 0 bridgehead atoms. The van der Waals surface area contributed by atoms with E-state index < -0.39 is 6.17 Å². The van der Waals surface area contributed by atoms with E-state index in [0.29, 0.717) is 0 Å². The summed E-state index contributed by atoms with van der Waals surface area (Å²) in [6.45, 7) is 4.58. The standard InChI is InChI=1S/C37H75F/c1-3-5-7-9-11-13-14-15-16-17-18-19-20-21-22-23-24-25-26-28-30-32-34-36-37(38)35-33-31-29-27-12-10-8-6-4-2/h37H,3-36H2,1-2H3. The third-order valence-corrected chi connectivity index (χ3v) is 8.74. The molecule has 0 saturated carbocycles. The number of hydrogen-bond acceptors (Lipinski definition) is 0. The number of unbranched alkanes of at least 4 members (excludes halogenated alkanes) is 30. The third kappa shape index (κ3) is 34.0. The Morgan fingerprint density at radius 2 is 0.421 bits per heavy atom. The van der Waals surface area contributed by atoms with Gasteiger partial charge in [0.25, 0.3) is 0 Å². The first-order valence-electron chi connectivity index (χ1n) is 18.4. The minimum Gasteiger partial charge on any atom is -0.247 e. The van der Waals surface area contributed by atoms with Crippen LogP contribution in [0.2, 0.25) is 0 Å². The molecular weight excluding hydrogens is 463 g/mol. The fourth-order valence-corrected chi connectivity index (χ4v) is 5.97. The fraction of sp³-hybridized carbons (Fsp3) is 1.00. The van der Waals surface area contributed by atoms with Crippen LogP contribution < -0.4 is 0 Å². The Labute approximate surface area is 242 Å². The number of rotatable bonds is 34. The summed E-state index contributed by atoms with van der Waals surface area (Å²) in [5, 5.41) is 0. The van der Waals surface area contributed by atoms with Gasteiger partial charge in [0.05, 0.1) is 0 Å². The zero-order chi connectivity index (χ0) is 27.6. The van der Waals surface area contributed by atoms with E-state index in [0.717, 1.165) is 25.7 Å². The molecule has 0 amide bonds. The first-order valence-corrected chi connectivity index (χ1v) is 18.4. The second-order valence-corrected chi connectivity index (χ2v) is 12.8. The van der Waals surface area contributed by atoms with Crippen molar-refractivity contribution in [1.29, 1.82) is 0 Å². The number of alkyl halides is 1. The summed E-state index contributed by atoms with van der Waals surface area (Å²) in [6.07, 6.45) is 45.7. The molecule has 0 aromatic heterocycles. The Morgan fingerprint density at radius 3 is 0.605 bits per heavy atom. The molecule has 0 rings (SSSR count). The number of hydrogen-bond donors (Lipinski definition) is 0. The van der Waals surface area contributed by atoms with Crippen molar-refractivity contribution in [2.24, 2.45) is 0 Å². The topological polar surface area (TPSA) is 0 Å².